The summed E-state index contributed by atoms with van der Waals surface area (Å²) >= 11 is 0. The topological polar surface area (TPSA) is 45.7 Å². The van der Waals surface area contributed by atoms with E-state index in [0.29, 0.717) is 38.0 Å². The number of hydrogen-bond donors (Lipinski definition) is 0. The Balaban J connectivity index is 1.70. The van der Waals surface area contributed by atoms with Gasteiger partial charge in [-0.15, -0.1) is 0 Å². The van der Waals surface area contributed by atoms with E-state index in [1.165, 1.54) is 19.3 Å². The molecule has 5 nitrogen and oxygen atoms in total. The van der Waals surface area contributed by atoms with Crippen LogP contribution in [0.15, 0.2) is 18.3 Å². The van der Waals surface area contributed by atoms with Crippen LogP contribution >= 0.6 is 0 Å². The Morgan fingerprint density at radius 1 is 1.27 bits per heavy atom. The number of nitrogens with zero attached hydrogens (tertiary/aromatic N) is 3. The monoisotopic (exact) mass is 303 g/mol. The fourth-order valence-corrected chi connectivity index (χ4v) is 3.38. The molecular weight excluding hydrogens is 278 g/mol. The Morgan fingerprint density at radius 3 is 2.77 bits per heavy atom. The van der Waals surface area contributed by atoms with Crippen LogP contribution in [0.2, 0.25) is 0 Å². The maximum Gasteiger partial charge on any atom is 0.272 e. The number of ether oxygens (including phenoxy) is 1. The molecule has 0 aliphatic carbocycles. The Kier molecular flexibility index (Phi) is 4.93. The van der Waals surface area contributed by atoms with Crippen LogP contribution in [0.3, 0.4) is 0 Å². The lowest BCUT2D eigenvalue weighted by Crippen LogP contribution is -2.41. The van der Waals surface area contributed by atoms with Crippen LogP contribution in [-0.2, 0) is 4.74 Å². The first kappa shape index (κ1) is 15.3. The molecule has 1 amide bonds. The van der Waals surface area contributed by atoms with Crippen LogP contribution in [0.25, 0.3) is 0 Å². The van der Waals surface area contributed by atoms with E-state index in [1.807, 2.05) is 17.2 Å². The SMILES string of the molecule is CCC1CCCCN1c1ccc(C(=O)N2CCOCC2)nc1. The van der Waals surface area contributed by atoms with Crippen molar-refractivity contribution >= 4 is 11.6 Å². The molecule has 1 aromatic heterocycles. The number of carbonyl (C=O) groups is 1. The van der Waals surface area contributed by atoms with Crippen molar-refractivity contribution in [3.8, 4) is 0 Å². The average Bonchev–Trinajstić information content (AvgIpc) is 2.62. The molecule has 0 N–H and O–H groups in total. The third kappa shape index (κ3) is 3.24. The van der Waals surface area contributed by atoms with Crippen LogP contribution in [0.1, 0.15) is 43.1 Å². The quantitative estimate of drug-likeness (QED) is 0.860. The normalized spacial score (nSPS) is 22.7. The summed E-state index contributed by atoms with van der Waals surface area (Å²) in [5.74, 6) is 0.0144. The molecule has 2 fully saturated rings. The first-order chi connectivity index (χ1) is 10.8. The second kappa shape index (κ2) is 7.09. The van der Waals surface area contributed by atoms with Gasteiger partial charge in [-0.05, 0) is 37.8 Å². The van der Waals surface area contributed by atoms with Gasteiger partial charge in [-0.2, -0.15) is 0 Å². The summed E-state index contributed by atoms with van der Waals surface area (Å²) in [5.41, 5.74) is 1.68. The van der Waals surface area contributed by atoms with Crippen LogP contribution in [-0.4, -0.2) is 54.7 Å². The Morgan fingerprint density at radius 2 is 2.09 bits per heavy atom. The van der Waals surface area contributed by atoms with E-state index in [4.69, 9.17) is 4.74 Å². The van der Waals surface area contributed by atoms with Gasteiger partial charge in [-0.3, -0.25) is 4.79 Å². The molecule has 22 heavy (non-hydrogen) atoms. The molecule has 2 aliphatic rings. The average molecular weight is 303 g/mol. The van der Waals surface area contributed by atoms with Gasteiger partial charge in [0.15, 0.2) is 0 Å². The van der Waals surface area contributed by atoms with E-state index in [-0.39, 0.29) is 5.91 Å². The van der Waals surface area contributed by atoms with Crippen molar-refractivity contribution in [2.24, 2.45) is 0 Å². The summed E-state index contributed by atoms with van der Waals surface area (Å²) in [6.45, 7) is 5.90. The molecule has 0 aromatic carbocycles. The first-order valence-corrected chi connectivity index (χ1v) is 8.39. The molecule has 0 radical (unpaired) electrons. The largest absolute Gasteiger partial charge is 0.378 e. The number of rotatable bonds is 3. The fraction of sp³-hybridized carbons (Fsp3) is 0.647. The highest BCUT2D eigenvalue weighted by molar-refractivity contribution is 5.92. The second-order valence-corrected chi connectivity index (χ2v) is 6.06. The first-order valence-electron chi connectivity index (χ1n) is 8.39. The maximum absolute atomic E-state index is 12.4. The summed E-state index contributed by atoms with van der Waals surface area (Å²) in [6, 6.07) is 4.53. The highest BCUT2D eigenvalue weighted by atomic mass is 16.5. The zero-order valence-corrected chi connectivity index (χ0v) is 13.3. The molecule has 1 unspecified atom stereocenters. The van der Waals surface area contributed by atoms with E-state index in [1.54, 1.807) is 0 Å². The summed E-state index contributed by atoms with van der Waals surface area (Å²) in [6.07, 6.45) is 6.84. The lowest BCUT2D eigenvalue weighted by atomic mass is 9.99. The molecule has 1 atom stereocenters. The van der Waals surface area contributed by atoms with Gasteiger partial charge in [-0.25, -0.2) is 4.98 Å². The van der Waals surface area contributed by atoms with Crippen molar-refractivity contribution in [1.82, 2.24) is 9.88 Å². The third-order valence-electron chi connectivity index (χ3n) is 4.70. The standard InChI is InChI=1S/C17H25N3O2/c1-2-14-5-3-4-8-20(14)15-6-7-16(18-13-15)17(21)19-9-11-22-12-10-19/h6-7,13-14H,2-5,8-12H2,1H3. The van der Waals surface area contributed by atoms with Crippen molar-refractivity contribution in [3.05, 3.63) is 24.0 Å². The van der Waals surface area contributed by atoms with Gasteiger partial charge in [-0.1, -0.05) is 6.92 Å². The Bertz CT molecular complexity index is 497. The molecule has 3 heterocycles. The molecule has 2 saturated heterocycles. The zero-order chi connectivity index (χ0) is 15.4. The minimum atomic E-state index is 0.0144. The number of aromatic nitrogens is 1. The predicted molar refractivity (Wildman–Crippen MR) is 86.2 cm³/mol. The summed E-state index contributed by atoms with van der Waals surface area (Å²) in [4.78, 5) is 21.1. The minimum absolute atomic E-state index is 0.0144. The van der Waals surface area contributed by atoms with Crippen LogP contribution in [0.5, 0.6) is 0 Å². The van der Waals surface area contributed by atoms with Gasteiger partial charge < -0.3 is 14.5 Å². The molecule has 120 valence electrons. The zero-order valence-electron chi connectivity index (χ0n) is 13.3. The molecule has 2 aliphatic heterocycles. The highest BCUT2D eigenvalue weighted by Gasteiger charge is 2.23. The summed E-state index contributed by atoms with van der Waals surface area (Å²) < 4.78 is 5.29. The van der Waals surface area contributed by atoms with E-state index in [9.17, 15) is 4.79 Å². The molecule has 5 heteroatoms. The van der Waals surface area contributed by atoms with Gasteiger partial charge in [0.2, 0.25) is 0 Å². The smallest absolute Gasteiger partial charge is 0.272 e. The van der Waals surface area contributed by atoms with E-state index >= 15 is 0 Å². The molecular formula is C17H25N3O2. The van der Waals surface area contributed by atoms with Crippen LogP contribution in [0.4, 0.5) is 5.69 Å². The highest BCUT2D eigenvalue weighted by Crippen LogP contribution is 2.26. The van der Waals surface area contributed by atoms with E-state index in [0.717, 1.165) is 18.7 Å². The Labute approximate surface area is 132 Å². The van der Waals surface area contributed by atoms with Crippen molar-refractivity contribution in [2.75, 3.05) is 37.7 Å². The van der Waals surface area contributed by atoms with E-state index < -0.39 is 0 Å². The number of amides is 1. The van der Waals surface area contributed by atoms with Crippen LogP contribution < -0.4 is 4.90 Å². The number of carbonyl (C=O) groups excluding carboxylic acids is 1. The summed E-state index contributed by atoms with van der Waals surface area (Å²) in [7, 11) is 0. The number of piperidine rings is 1. The lowest BCUT2D eigenvalue weighted by Gasteiger charge is -2.37. The number of pyridine rings is 1. The fourth-order valence-electron chi connectivity index (χ4n) is 3.38. The minimum Gasteiger partial charge on any atom is -0.378 e. The Hall–Kier alpha value is -1.62. The van der Waals surface area contributed by atoms with Gasteiger partial charge in [0.25, 0.3) is 5.91 Å². The maximum atomic E-state index is 12.4. The van der Waals surface area contributed by atoms with Gasteiger partial charge >= 0.3 is 0 Å². The number of hydrogen-bond acceptors (Lipinski definition) is 4. The van der Waals surface area contributed by atoms with Crippen molar-refractivity contribution in [2.45, 2.75) is 38.6 Å². The predicted octanol–water partition coefficient (Wildman–Crippen LogP) is 2.32. The molecule has 0 spiro atoms. The van der Waals surface area contributed by atoms with E-state index in [2.05, 4.69) is 22.9 Å². The summed E-state index contributed by atoms with van der Waals surface area (Å²) in [5, 5.41) is 0. The van der Waals surface area contributed by atoms with Gasteiger partial charge in [0, 0.05) is 25.7 Å². The molecule has 3 rings (SSSR count). The number of anilines is 1. The molecule has 0 saturated carbocycles. The van der Waals surface area contributed by atoms with Crippen molar-refractivity contribution in [1.29, 1.82) is 0 Å². The lowest BCUT2D eigenvalue weighted by molar-refractivity contribution is 0.0299. The third-order valence-corrected chi connectivity index (χ3v) is 4.70. The van der Waals surface area contributed by atoms with Crippen molar-refractivity contribution in [3.63, 3.8) is 0 Å². The van der Waals surface area contributed by atoms with Gasteiger partial charge in [0.05, 0.1) is 25.1 Å². The van der Waals surface area contributed by atoms with Crippen LogP contribution in [0, 0.1) is 0 Å². The van der Waals surface area contributed by atoms with Crippen molar-refractivity contribution < 1.29 is 9.53 Å². The van der Waals surface area contributed by atoms with Gasteiger partial charge in [0.1, 0.15) is 5.69 Å². The molecule has 1 aromatic rings. The number of morpholine rings is 1. The second-order valence-electron chi connectivity index (χ2n) is 6.06. The molecule has 0 bridgehead atoms.